The van der Waals surface area contributed by atoms with Gasteiger partial charge in [0.1, 0.15) is 18.6 Å². The predicted octanol–water partition coefficient (Wildman–Crippen LogP) is 2.20. The molecule has 0 saturated carbocycles. The van der Waals surface area contributed by atoms with Gasteiger partial charge in [-0.1, -0.05) is 29.8 Å². The average Bonchev–Trinajstić information content (AvgIpc) is 3.51. The molecule has 4 rings (SSSR count). The summed E-state index contributed by atoms with van der Waals surface area (Å²) < 4.78 is 16.3. The van der Waals surface area contributed by atoms with E-state index >= 15 is 0 Å². The Labute approximate surface area is 199 Å². The number of nitrogens with one attached hydrogen (secondary N) is 1. The molecule has 0 bridgehead atoms. The van der Waals surface area contributed by atoms with Gasteiger partial charge in [-0.2, -0.15) is 0 Å². The number of oxazole rings is 1. The molecule has 3 heterocycles. The van der Waals surface area contributed by atoms with E-state index in [0.717, 1.165) is 43.1 Å². The first kappa shape index (κ1) is 24.2. The zero-order valence-corrected chi connectivity index (χ0v) is 19.5. The number of hydrogen-bond acceptors (Lipinski definition) is 8. The lowest BCUT2D eigenvalue weighted by molar-refractivity contribution is -0.00353. The largest absolute Gasteiger partial charge is 0.467 e. The fourth-order valence-corrected chi connectivity index (χ4v) is 3.95. The van der Waals surface area contributed by atoms with Gasteiger partial charge in [-0.05, 0) is 24.6 Å². The standard InChI is InChI=1S/C25H32N4O5/c1-19-4-2-5-20(12-19)13-26-25(31)23-18-34-24(27-23)15-29-9-7-28(8-10-29)14-21(30)16-32-17-22-6-3-11-33-22/h2-6,11-12,18,21,30H,7-10,13-17H2,1H3,(H,26,31). The van der Waals surface area contributed by atoms with Crippen molar-refractivity contribution in [1.82, 2.24) is 20.1 Å². The minimum atomic E-state index is -0.547. The Kier molecular flexibility index (Phi) is 8.48. The Hall–Kier alpha value is -2.98. The van der Waals surface area contributed by atoms with Crippen molar-refractivity contribution in [3.63, 3.8) is 0 Å². The summed E-state index contributed by atoms with van der Waals surface area (Å²) in [4.78, 5) is 21.2. The lowest BCUT2D eigenvalue weighted by atomic mass is 10.1. The van der Waals surface area contributed by atoms with Gasteiger partial charge in [-0.3, -0.25) is 14.6 Å². The molecule has 1 unspecified atom stereocenters. The Balaban J connectivity index is 1.14. The van der Waals surface area contributed by atoms with E-state index in [4.69, 9.17) is 13.6 Å². The average molecular weight is 469 g/mol. The highest BCUT2D eigenvalue weighted by molar-refractivity contribution is 5.91. The molecule has 1 atom stereocenters. The summed E-state index contributed by atoms with van der Waals surface area (Å²) in [6.07, 6.45) is 2.47. The highest BCUT2D eigenvalue weighted by atomic mass is 16.5. The van der Waals surface area contributed by atoms with E-state index in [1.165, 1.54) is 6.26 Å². The zero-order chi connectivity index (χ0) is 23.8. The second kappa shape index (κ2) is 11.9. The molecule has 9 nitrogen and oxygen atoms in total. The van der Waals surface area contributed by atoms with Crippen LogP contribution in [0.15, 0.2) is 57.8 Å². The Morgan fingerprint density at radius 1 is 1.18 bits per heavy atom. The smallest absolute Gasteiger partial charge is 0.273 e. The van der Waals surface area contributed by atoms with Crippen LogP contribution in [-0.2, 0) is 24.4 Å². The van der Waals surface area contributed by atoms with Crippen LogP contribution in [0.25, 0.3) is 0 Å². The number of aryl methyl sites for hydroxylation is 1. The number of carbonyl (C=O) groups is 1. The number of β-amino-alcohol motifs (C(OH)–C–C–N with tert-alkyl or cyclic N) is 1. The van der Waals surface area contributed by atoms with Crippen molar-refractivity contribution in [1.29, 1.82) is 0 Å². The Morgan fingerprint density at radius 2 is 2.00 bits per heavy atom. The van der Waals surface area contributed by atoms with Crippen LogP contribution in [0.2, 0.25) is 0 Å². The molecule has 34 heavy (non-hydrogen) atoms. The van der Waals surface area contributed by atoms with Crippen LogP contribution in [-0.4, -0.2) is 71.2 Å². The molecule has 2 N–H and O–H groups in total. The van der Waals surface area contributed by atoms with Crippen LogP contribution >= 0.6 is 0 Å². The van der Waals surface area contributed by atoms with Crippen molar-refractivity contribution in [2.75, 3.05) is 39.3 Å². The molecule has 1 fully saturated rings. The van der Waals surface area contributed by atoms with E-state index in [2.05, 4.69) is 20.1 Å². The summed E-state index contributed by atoms with van der Waals surface area (Å²) in [5, 5.41) is 13.1. The van der Waals surface area contributed by atoms with Gasteiger partial charge < -0.3 is 24.0 Å². The first-order valence-corrected chi connectivity index (χ1v) is 11.6. The van der Waals surface area contributed by atoms with Crippen molar-refractivity contribution >= 4 is 5.91 Å². The van der Waals surface area contributed by atoms with Gasteiger partial charge in [0.05, 0.1) is 25.5 Å². The molecule has 1 aliphatic heterocycles. The number of aliphatic hydroxyl groups excluding tert-OH is 1. The fraction of sp³-hybridized carbons (Fsp3) is 0.440. The summed E-state index contributed by atoms with van der Waals surface area (Å²) >= 11 is 0. The number of amides is 1. The Bertz CT molecular complexity index is 1030. The number of aliphatic hydroxyl groups is 1. The molecular formula is C25H32N4O5. The van der Waals surface area contributed by atoms with Crippen LogP contribution in [0.4, 0.5) is 0 Å². The van der Waals surface area contributed by atoms with E-state index in [-0.39, 0.29) is 12.5 Å². The third kappa shape index (κ3) is 7.26. The molecule has 2 aromatic heterocycles. The summed E-state index contributed by atoms with van der Waals surface area (Å²) in [7, 11) is 0. The van der Waals surface area contributed by atoms with Crippen molar-refractivity contribution in [2.45, 2.75) is 32.7 Å². The van der Waals surface area contributed by atoms with Crippen molar-refractivity contribution in [3.8, 4) is 0 Å². The van der Waals surface area contributed by atoms with E-state index in [9.17, 15) is 9.90 Å². The third-order valence-electron chi connectivity index (χ3n) is 5.75. The lowest BCUT2D eigenvalue weighted by Crippen LogP contribution is -2.48. The van der Waals surface area contributed by atoms with Crippen LogP contribution in [0.3, 0.4) is 0 Å². The number of rotatable bonds is 11. The molecule has 0 spiro atoms. The van der Waals surface area contributed by atoms with Gasteiger partial charge in [0, 0.05) is 39.3 Å². The molecule has 1 aliphatic rings. The number of piperazine rings is 1. The quantitative estimate of drug-likeness (QED) is 0.441. The van der Waals surface area contributed by atoms with Crippen LogP contribution in [0, 0.1) is 6.92 Å². The fourth-order valence-electron chi connectivity index (χ4n) is 3.95. The van der Waals surface area contributed by atoms with E-state index in [1.807, 2.05) is 43.3 Å². The number of furan rings is 1. The highest BCUT2D eigenvalue weighted by Crippen LogP contribution is 2.11. The minimum Gasteiger partial charge on any atom is -0.467 e. The lowest BCUT2D eigenvalue weighted by Gasteiger charge is -2.34. The molecule has 0 radical (unpaired) electrons. The van der Waals surface area contributed by atoms with E-state index < -0.39 is 6.10 Å². The SMILES string of the molecule is Cc1cccc(CNC(=O)c2coc(CN3CCN(CC(O)COCc4ccco4)CC3)n2)c1. The maximum Gasteiger partial charge on any atom is 0.273 e. The zero-order valence-electron chi connectivity index (χ0n) is 19.5. The van der Waals surface area contributed by atoms with Gasteiger partial charge in [-0.25, -0.2) is 4.98 Å². The number of hydrogen-bond donors (Lipinski definition) is 2. The number of aromatic nitrogens is 1. The summed E-state index contributed by atoms with van der Waals surface area (Å²) in [5.74, 6) is 1.03. The number of nitrogens with zero attached hydrogens (tertiary/aromatic N) is 3. The van der Waals surface area contributed by atoms with Crippen molar-refractivity contribution in [2.24, 2.45) is 0 Å². The van der Waals surface area contributed by atoms with Crippen molar-refractivity contribution in [3.05, 3.63) is 77.4 Å². The maximum atomic E-state index is 12.4. The minimum absolute atomic E-state index is 0.246. The van der Waals surface area contributed by atoms with Gasteiger partial charge in [0.2, 0.25) is 5.89 Å². The molecule has 182 valence electrons. The first-order valence-electron chi connectivity index (χ1n) is 11.6. The second-order valence-electron chi connectivity index (χ2n) is 8.62. The Morgan fingerprint density at radius 3 is 2.76 bits per heavy atom. The van der Waals surface area contributed by atoms with E-state index in [0.29, 0.717) is 37.8 Å². The number of ether oxygens (including phenoxy) is 1. The molecule has 3 aromatic rings. The predicted molar refractivity (Wildman–Crippen MR) is 125 cm³/mol. The molecule has 1 aromatic carbocycles. The van der Waals surface area contributed by atoms with Crippen LogP contribution in [0.1, 0.15) is 33.3 Å². The van der Waals surface area contributed by atoms with Gasteiger partial charge in [0.15, 0.2) is 5.69 Å². The summed E-state index contributed by atoms with van der Waals surface area (Å²) in [6, 6.07) is 11.7. The molecule has 0 aliphatic carbocycles. The summed E-state index contributed by atoms with van der Waals surface area (Å²) in [6.45, 7) is 7.55. The topological polar surface area (TPSA) is 104 Å². The monoisotopic (exact) mass is 468 g/mol. The maximum absolute atomic E-state index is 12.4. The third-order valence-corrected chi connectivity index (χ3v) is 5.75. The van der Waals surface area contributed by atoms with E-state index in [1.54, 1.807) is 6.26 Å². The first-order chi connectivity index (χ1) is 16.5. The van der Waals surface area contributed by atoms with Crippen LogP contribution < -0.4 is 5.32 Å². The number of carbonyl (C=O) groups excluding carboxylic acids is 1. The summed E-state index contributed by atoms with van der Waals surface area (Å²) in [5.41, 5.74) is 2.49. The second-order valence-corrected chi connectivity index (χ2v) is 8.62. The van der Waals surface area contributed by atoms with Gasteiger partial charge in [-0.15, -0.1) is 0 Å². The molecular weight excluding hydrogens is 436 g/mol. The van der Waals surface area contributed by atoms with Crippen LogP contribution in [0.5, 0.6) is 0 Å². The molecule has 1 amide bonds. The number of benzene rings is 1. The highest BCUT2D eigenvalue weighted by Gasteiger charge is 2.21. The molecule has 1 saturated heterocycles. The van der Waals surface area contributed by atoms with Crippen molar-refractivity contribution < 1.29 is 23.5 Å². The normalized spacial score (nSPS) is 15.9. The van der Waals surface area contributed by atoms with Gasteiger partial charge >= 0.3 is 0 Å². The molecule has 9 heteroatoms. The van der Waals surface area contributed by atoms with Gasteiger partial charge in [0.25, 0.3) is 5.91 Å².